The van der Waals surface area contributed by atoms with E-state index in [1.165, 1.54) is 22.7 Å². The zero-order valence-electron chi connectivity index (χ0n) is 15.5. The van der Waals surface area contributed by atoms with Crippen LogP contribution in [0.1, 0.15) is 12.8 Å². The standard InChI is InChI=1S/C18H27FN2O5S/c1-27(23,24)21-7-5-16(6-8-21)20-9-10-25-13-18(22,12-20)14-26-17-4-2-3-15(19)11-17/h2-4,11,16,22H,5-10,12-14H2,1H3/t18-/m0/s1. The summed E-state index contributed by atoms with van der Waals surface area (Å²) in [7, 11) is -3.16. The summed E-state index contributed by atoms with van der Waals surface area (Å²) >= 11 is 0. The van der Waals surface area contributed by atoms with Crippen molar-refractivity contribution >= 4 is 10.0 Å². The summed E-state index contributed by atoms with van der Waals surface area (Å²) in [5.41, 5.74) is -1.21. The first-order valence-electron chi connectivity index (χ1n) is 9.13. The van der Waals surface area contributed by atoms with Crippen molar-refractivity contribution in [3.63, 3.8) is 0 Å². The van der Waals surface area contributed by atoms with Crippen LogP contribution in [0, 0.1) is 5.82 Å². The van der Waals surface area contributed by atoms with Gasteiger partial charge in [0.15, 0.2) is 0 Å². The molecule has 2 aliphatic rings. The summed E-state index contributed by atoms with van der Waals surface area (Å²) in [6.07, 6.45) is 2.66. The monoisotopic (exact) mass is 402 g/mol. The highest BCUT2D eigenvalue weighted by molar-refractivity contribution is 7.88. The highest BCUT2D eigenvalue weighted by Gasteiger charge is 2.37. The molecule has 7 nitrogen and oxygen atoms in total. The number of halogens is 1. The molecule has 0 radical (unpaired) electrons. The molecule has 9 heteroatoms. The molecule has 2 fully saturated rings. The predicted molar refractivity (Wildman–Crippen MR) is 98.7 cm³/mol. The predicted octanol–water partition coefficient (Wildman–Crippen LogP) is 0.692. The number of ether oxygens (including phenoxy) is 2. The van der Waals surface area contributed by atoms with Gasteiger partial charge in [0.05, 0.1) is 19.5 Å². The van der Waals surface area contributed by atoms with Crippen molar-refractivity contribution in [3.8, 4) is 5.75 Å². The maximum absolute atomic E-state index is 13.3. The van der Waals surface area contributed by atoms with Crippen LogP contribution in [-0.4, -0.2) is 86.6 Å². The summed E-state index contributed by atoms with van der Waals surface area (Å²) in [5.74, 6) is -0.0310. The van der Waals surface area contributed by atoms with E-state index in [9.17, 15) is 17.9 Å². The second-order valence-electron chi connectivity index (χ2n) is 7.39. The van der Waals surface area contributed by atoms with E-state index < -0.39 is 21.4 Å². The Kier molecular flexibility index (Phi) is 6.37. The Balaban J connectivity index is 1.59. The summed E-state index contributed by atoms with van der Waals surface area (Å²) in [5, 5.41) is 11.0. The first kappa shape index (κ1) is 20.5. The van der Waals surface area contributed by atoms with E-state index in [2.05, 4.69) is 4.90 Å². The van der Waals surface area contributed by atoms with Gasteiger partial charge in [0.2, 0.25) is 10.0 Å². The smallest absolute Gasteiger partial charge is 0.211 e. The number of piperidine rings is 1. The fourth-order valence-electron chi connectivity index (χ4n) is 3.66. The molecule has 3 rings (SSSR count). The molecule has 0 saturated carbocycles. The largest absolute Gasteiger partial charge is 0.490 e. The molecular weight excluding hydrogens is 375 g/mol. The zero-order valence-corrected chi connectivity index (χ0v) is 16.3. The summed E-state index contributed by atoms with van der Waals surface area (Å²) in [6.45, 7) is 2.64. The van der Waals surface area contributed by atoms with E-state index in [1.54, 1.807) is 12.1 Å². The van der Waals surface area contributed by atoms with Gasteiger partial charge in [0, 0.05) is 38.3 Å². The van der Waals surface area contributed by atoms with E-state index in [4.69, 9.17) is 9.47 Å². The first-order valence-corrected chi connectivity index (χ1v) is 11.0. The minimum absolute atomic E-state index is 0.00482. The Morgan fingerprint density at radius 1 is 1.33 bits per heavy atom. The van der Waals surface area contributed by atoms with E-state index >= 15 is 0 Å². The Bertz CT molecular complexity index is 739. The normalized spacial score (nSPS) is 26.6. The first-order chi connectivity index (χ1) is 12.8. The number of rotatable bonds is 5. The molecule has 1 aromatic rings. The minimum Gasteiger partial charge on any atom is -0.490 e. The number of β-amino-alcohol motifs (C(OH)–C–C–N with tert-alkyl or cyclic N) is 1. The molecule has 0 unspecified atom stereocenters. The van der Waals surface area contributed by atoms with E-state index in [0.717, 1.165) is 0 Å². The highest BCUT2D eigenvalue weighted by atomic mass is 32.2. The van der Waals surface area contributed by atoms with Crippen LogP contribution in [0.15, 0.2) is 24.3 Å². The number of hydrogen-bond acceptors (Lipinski definition) is 6. The Labute approximate surface area is 159 Å². The van der Waals surface area contributed by atoms with Gasteiger partial charge in [-0.1, -0.05) is 6.07 Å². The van der Waals surface area contributed by atoms with Gasteiger partial charge in [-0.2, -0.15) is 0 Å². The molecule has 2 heterocycles. The Hall–Kier alpha value is -1.26. The molecule has 0 amide bonds. The van der Waals surface area contributed by atoms with Crippen molar-refractivity contribution in [2.24, 2.45) is 0 Å². The molecule has 27 heavy (non-hydrogen) atoms. The third-order valence-corrected chi connectivity index (χ3v) is 6.41. The number of hydrogen-bond donors (Lipinski definition) is 1. The summed E-state index contributed by atoms with van der Waals surface area (Å²) in [6, 6.07) is 5.99. The van der Waals surface area contributed by atoms with E-state index in [-0.39, 0.29) is 19.3 Å². The van der Waals surface area contributed by atoms with Crippen molar-refractivity contribution in [3.05, 3.63) is 30.1 Å². The second kappa shape index (κ2) is 8.40. The molecule has 1 atom stereocenters. The van der Waals surface area contributed by atoms with Crippen molar-refractivity contribution in [2.75, 3.05) is 52.3 Å². The van der Waals surface area contributed by atoms with Crippen LogP contribution in [0.3, 0.4) is 0 Å². The van der Waals surface area contributed by atoms with Crippen molar-refractivity contribution in [1.82, 2.24) is 9.21 Å². The van der Waals surface area contributed by atoms with Crippen LogP contribution in [0.2, 0.25) is 0 Å². The van der Waals surface area contributed by atoms with Crippen LogP contribution in [0.25, 0.3) is 0 Å². The van der Waals surface area contributed by atoms with Gasteiger partial charge >= 0.3 is 0 Å². The van der Waals surface area contributed by atoms with Crippen LogP contribution in [-0.2, 0) is 14.8 Å². The van der Waals surface area contributed by atoms with Gasteiger partial charge < -0.3 is 14.6 Å². The van der Waals surface area contributed by atoms with E-state index in [0.29, 0.717) is 51.4 Å². The third-order valence-electron chi connectivity index (χ3n) is 5.10. The van der Waals surface area contributed by atoms with Crippen molar-refractivity contribution in [2.45, 2.75) is 24.5 Å². The van der Waals surface area contributed by atoms with Crippen LogP contribution < -0.4 is 4.74 Å². The lowest BCUT2D eigenvalue weighted by molar-refractivity contribution is -0.0684. The minimum atomic E-state index is -3.16. The van der Waals surface area contributed by atoms with Gasteiger partial charge in [-0.25, -0.2) is 17.1 Å². The zero-order chi connectivity index (χ0) is 19.5. The molecule has 0 aliphatic carbocycles. The summed E-state index contributed by atoms with van der Waals surface area (Å²) in [4.78, 5) is 2.15. The fraction of sp³-hybridized carbons (Fsp3) is 0.667. The molecule has 152 valence electrons. The average molecular weight is 402 g/mol. The molecule has 0 spiro atoms. The van der Waals surface area contributed by atoms with Gasteiger partial charge in [-0.05, 0) is 25.0 Å². The van der Waals surface area contributed by atoms with Gasteiger partial charge in [-0.3, -0.25) is 4.90 Å². The molecule has 0 bridgehead atoms. The van der Waals surface area contributed by atoms with Gasteiger partial charge in [0.25, 0.3) is 0 Å². The lowest BCUT2D eigenvalue weighted by Gasteiger charge is -2.39. The topological polar surface area (TPSA) is 79.3 Å². The van der Waals surface area contributed by atoms with Crippen molar-refractivity contribution in [1.29, 1.82) is 0 Å². The summed E-state index contributed by atoms with van der Waals surface area (Å²) < 4.78 is 49.3. The number of sulfonamides is 1. The lowest BCUT2D eigenvalue weighted by Crippen LogP contribution is -2.53. The number of benzene rings is 1. The second-order valence-corrected chi connectivity index (χ2v) is 9.37. The molecular formula is C18H27FN2O5S. The molecule has 2 aliphatic heterocycles. The van der Waals surface area contributed by atoms with E-state index in [1.807, 2.05) is 0 Å². The third kappa shape index (κ3) is 5.61. The quantitative estimate of drug-likeness (QED) is 0.781. The highest BCUT2D eigenvalue weighted by Crippen LogP contribution is 2.23. The Morgan fingerprint density at radius 2 is 2.07 bits per heavy atom. The number of aliphatic hydroxyl groups is 1. The maximum atomic E-state index is 13.3. The average Bonchev–Trinajstić information content (AvgIpc) is 2.82. The Morgan fingerprint density at radius 3 is 2.74 bits per heavy atom. The maximum Gasteiger partial charge on any atom is 0.211 e. The SMILES string of the molecule is CS(=O)(=O)N1CCC(N2CCOC[C@](O)(COc3cccc(F)c3)C2)CC1. The van der Waals surface area contributed by atoms with Crippen LogP contribution >= 0.6 is 0 Å². The molecule has 1 aromatic carbocycles. The molecule has 0 aromatic heterocycles. The molecule has 1 N–H and O–H groups in total. The fourth-order valence-corrected chi connectivity index (χ4v) is 4.53. The van der Waals surface area contributed by atoms with Gasteiger partial charge in [0.1, 0.15) is 23.8 Å². The van der Waals surface area contributed by atoms with Gasteiger partial charge in [-0.15, -0.1) is 0 Å². The number of nitrogens with zero attached hydrogens (tertiary/aromatic N) is 2. The molecule has 2 saturated heterocycles. The van der Waals surface area contributed by atoms with Crippen molar-refractivity contribution < 1.29 is 27.4 Å². The van der Waals surface area contributed by atoms with Crippen LogP contribution in [0.4, 0.5) is 4.39 Å². The lowest BCUT2D eigenvalue weighted by atomic mass is 10.0. The van der Waals surface area contributed by atoms with Crippen LogP contribution in [0.5, 0.6) is 5.75 Å².